The average molecular weight is 193 g/mol. The fraction of sp³-hybridized carbons (Fsp3) is 0.643. The van der Waals surface area contributed by atoms with Gasteiger partial charge in [0.2, 0.25) is 0 Å². The summed E-state index contributed by atoms with van der Waals surface area (Å²) < 4.78 is 0. The molecule has 81 valence electrons. The van der Waals surface area contributed by atoms with Gasteiger partial charge < -0.3 is 0 Å². The summed E-state index contributed by atoms with van der Waals surface area (Å²) in [7, 11) is 0. The molecule has 0 nitrogen and oxygen atoms in total. The quantitative estimate of drug-likeness (QED) is 0.354. The van der Waals surface area contributed by atoms with Crippen molar-refractivity contribution in [3.63, 3.8) is 0 Å². The number of unbranched alkanes of at least 4 members (excludes halogenated alkanes) is 5. The number of rotatable bonds is 9. The van der Waals surface area contributed by atoms with Crippen LogP contribution in [0.1, 0.15) is 58.3 Å². The molecule has 0 aliphatic rings. The van der Waals surface area contributed by atoms with Crippen molar-refractivity contribution in [2.75, 3.05) is 0 Å². The Labute approximate surface area is 90.1 Å². The summed E-state index contributed by atoms with van der Waals surface area (Å²) in [5.41, 5.74) is 0. The van der Waals surface area contributed by atoms with Crippen molar-refractivity contribution in [1.29, 1.82) is 0 Å². The molecule has 0 amide bonds. The van der Waals surface area contributed by atoms with Crippen LogP contribution in [0.4, 0.5) is 0 Å². The fourth-order valence-corrected chi connectivity index (χ4v) is 1.28. The Morgan fingerprint density at radius 2 is 1.50 bits per heavy atom. The van der Waals surface area contributed by atoms with Crippen LogP contribution in [0, 0.1) is 6.92 Å². The second-order valence-electron chi connectivity index (χ2n) is 3.67. The van der Waals surface area contributed by atoms with E-state index in [-0.39, 0.29) is 0 Å². The lowest BCUT2D eigenvalue weighted by Gasteiger charge is -1.91. The van der Waals surface area contributed by atoms with Crippen molar-refractivity contribution < 1.29 is 0 Å². The van der Waals surface area contributed by atoms with Crippen LogP contribution in [0.5, 0.6) is 0 Å². The van der Waals surface area contributed by atoms with E-state index in [1.165, 1.54) is 38.5 Å². The lowest BCUT2D eigenvalue weighted by atomic mass is 10.2. The van der Waals surface area contributed by atoms with Gasteiger partial charge in [-0.2, -0.15) is 0 Å². The second-order valence-corrected chi connectivity index (χ2v) is 3.67. The predicted octanol–water partition coefficient (Wildman–Crippen LogP) is 5.07. The summed E-state index contributed by atoms with van der Waals surface area (Å²) in [4.78, 5) is 0. The molecule has 0 saturated heterocycles. The number of hydrogen-bond donors (Lipinski definition) is 0. The molecule has 0 heteroatoms. The van der Waals surface area contributed by atoms with E-state index in [1.807, 2.05) is 0 Å². The van der Waals surface area contributed by atoms with Crippen LogP contribution in [-0.2, 0) is 0 Å². The summed E-state index contributed by atoms with van der Waals surface area (Å²) in [6.45, 7) is 6.06. The molecule has 0 unspecified atom stereocenters. The van der Waals surface area contributed by atoms with Gasteiger partial charge in [0.1, 0.15) is 0 Å². The van der Waals surface area contributed by atoms with Gasteiger partial charge in [0.25, 0.3) is 0 Å². The van der Waals surface area contributed by atoms with E-state index in [0.717, 1.165) is 12.8 Å². The summed E-state index contributed by atoms with van der Waals surface area (Å²) in [5, 5.41) is 0. The third-order valence-corrected chi connectivity index (χ3v) is 2.20. The first-order valence-corrected chi connectivity index (χ1v) is 6.01. The monoisotopic (exact) mass is 193 g/mol. The maximum absolute atomic E-state index is 3.81. The topological polar surface area (TPSA) is 0 Å². The van der Waals surface area contributed by atoms with Gasteiger partial charge in [-0.15, -0.1) is 0 Å². The third kappa shape index (κ3) is 11.5. The number of hydrogen-bond acceptors (Lipinski definition) is 0. The minimum atomic E-state index is 1.05. The molecule has 14 heavy (non-hydrogen) atoms. The fourth-order valence-electron chi connectivity index (χ4n) is 1.28. The highest BCUT2D eigenvalue weighted by Gasteiger charge is 1.81. The van der Waals surface area contributed by atoms with Gasteiger partial charge >= 0.3 is 0 Å². The van der Waals surface area contributed by atoms with Crippen LogP contribution in [-0.4, -0.2) is 0 Å². The molecule has 0 N–H and O–H groups in total. The Kier molecular flexibility index (Phi) is 12.0. The third-order valence-electron chi connectivity index (χ3n) is 2.20. The van der Waals surface area contributed by atoms with Crippen molar-refractivity contribution in [3.8, 4) is 0 Å². The van der Waals surface area contributed by atoms with Crippen LogP contribution in [0.3, 0.4) is 0 Å². The van der Waals surface area contributed by atoms with Crippen LogP contribution in [0.15, 0.2) is 24.3 Å². The zero-order valence-corrected chi connectivity index (χ0v) is 9.67. The lowest BCUT2D eigenvalue weighted by Crippen LogP contribution is -1.70. The average Bonchev–Trinajstić information content (AvgIpc) is 2.21. The molecular formula is C14H25. The van der Waals surface area contributed by atoms with Gasteiger partial charge in [-0.1, -0.05) is 57.4 Å². The van der Waals surface area contributed by atoms with Crippen LogP contribution < -0.4 is 0 Å². The highest BCUT2D eigenvalue weighted by atomic mass is 13.9. The highest BCUT2D eigenvalue weighted by molar-refractivity contribution is 4.92. The Balaban J connectivity index is 3.13. The van der Waals surface area contributed by atoms with Crippen molar-refractivity contribution in [1.82, 2.24) is 0 Å². The summed E-state index contributed by atoms with van der Waals surface area (Å²) >= 11 is 0. The van der Waals surface area contributed by atoms with Crippen LogP contribution in [0.2, 0.25) is 0 Å². The molecular weight excluding hydrogens is 168 g/mol. The molecule has 0 atom stereocenters. The van der Waals surface area contributed by atoms with E-state index in [9.17, 15) is 0 Å². The van der Waals surface area contributed by atoms with Crippen molar-refractivity contribution in [2.45, 2.75) is 58.3 Å². The summed E-state index contributed by atoms with van der Waals surface area (Å²) in [5.74, 6) is 0. The molecule has 0 aliphatic carbocycles. The molecule has 0 aliphatic heterocycles. The minimum Gasteiger partial charge on any atom is -0.0882 e. The molecule has 0 rings (SSSR count). The lowest BCUT2D eigenvalue weighted by molar-refractivity contribution is 0.728. The largest absolute Gasteiger partial charge is 0.0882 e. The van der Waals surface area contributed by atoms with Crippen LogP contribution >= 0.6 is 0 Å². The van der Waals surface area contributed by atoms with E-state index in [1.54, 1.807) is 0 Å². The van der Waals surface area contributed by atoms with Gasteiger partial charge in [0, 0.05) is 0 Å². The van der Waals surface area contributed by atoms with Crippen molar-refractivity contribution in [2.24, 2.45) is 0 Å². The Morgan fingerprint density at radius 3 is 2.07 bits per heavy atom. The zero-order valence-electron chi connectivity index (χ0n) is 9.67. The molecule has 0 fully saturated rings. The van der Waals surface area contributed by atoms with Gasteiger partial charge in [0.05, 0.1) is 0 Å². The molecule has 0 saturated carbocycles. The van der Waals surface area contributed by atoms with Crippen LogP contribution in [0.25, 0.3) is 0 Å². The molecule has 0 aromatic carbocycles. The first-order chi connectivity index (χ1) is 6.91. The summed E-state index contributed by atoms with van der Waals surface area (Å²) in [6.07, 6.45) is 18.9. The Morgan fingerprint density at radius 1 is 0.857 bits per heavy atom. The molecule has 0 spiro atoms. The van der Waals surface area contributed by atoms with E-state index >= 15 is 0 Å². The smallest absolute Gasteiger partial charge is 0.0169 e. The van der Waals surface area contributed by atoms with E-state index in [0.29, 0.717) is 0 Å². The Hall–Kier alpha value is -0.520. The van der Waals surface area contributed by atoms with Gasteiger partial charge in [0.15, 0.2) is 0 Å². The maximum Gasteiger partial charge on any atom is -0.0169 e. The van der Waals surface area contributed by atoms with Crippen molar-refractivity contribution >= 4 is 0 Å². The predicted molar refractivity (Wildman–Crippen MR) is 66.2 cm³/mol. The van der Waals surface area contributed by atoms with Crippen molar-refractivity contribution in [3.05, 3.63) is 31.2 Å². The first-order valence-electron chi connectivity index (χ1n) is 6.01. The van der Waals surface area contributed by atoms with Gasteiger partial charge in [-0.3, -0.25) is 0 Å². The second kappa shape index (κ2) is 12.5. The maximum atomic E-state index is 3.81. The SMILES string of the molecule is [CH2]CCCC=CCC=CCCCCC. The van der Waals surface area contributed by atoms with Gasteiger partial charge in [-0.05, 0) is 32.1 Å². The standard InChI is InChI=1S/C14H25/c1-3-5-7-9-11-13-14-12-10-8-6-4-2/h9,11-12,14H,1,3-8,10,13H2,2H3. The van der Waals surface area contributed by atoms with Gasteiger partial charge in [-0.25, -0.2) is 0 Å². The van der Waals surface area contributed by atoms with E-state index in [4.69, 9.17) is 0 Å². The van der Waals surface area contributed by atoms with E-state index in [2.05, 4.69) is 38.2 Å². The normalized spacial score (nSPS) is 11.9. The van der Waals surface area contributed by atoms with E-state index < -0.39 is 0 Å². The highest BCUT2D eigenvalue weighted by Crippen LogP contribution is 2.01. The molecule has 0 aromatic rings. The summed E-state index contributed by atoms with van der Waals surface area (Å²) in [6, 6.07) is 0. The molecule has 0 bridgehead atoms. The zero-order chi connectivity index (χ0) is 10.5. The molecule has 0 aromatic heterocycles. The Bertz CT molecular complexity index is 142. The molecule has 0 heterocycles. The number of allylic oxidation sites excluding steroid dienone is 4. The first kappa shape index (κ1) is 13.5. The minimum absolute atomic E-state index is 1.05. The molecule has 1 radical (unpaired) electrons.